The molecule has 7 nitrogen and oxygen atoms in total. The Morgan fingerprint density at radius 1 is 1.11 bits per heavy atom. The number of halogens is 1. The van der Waals surface area contributed by atoms with E-state index in [4.69, 9.17) is 17.0 Å². The van der Waals surface area contributed by atoms with Gasteiger partial charge in [0.25, 0.3) is 0 Å². The Labute approximate surface area is 219 Å². The van der Waals surface area contributed by atoms with Gasteiger partial charge in [0, 0.05) is 42.8 Å². The second kappa shape index (κ2) is 10.8. The van der Waals surface area contributed by atoms with E-state index in [1.807, 2.05) is 65.7 Å². The molecule has 2 unspecified atom stereocenters. The topological polar surface area (TPSA) is 71.4 Å². The van der Waals surface area contributed by atoms with Crippen LogP contribution in [0.15, 0.2) is 91.3 Å². The van der Waals surface area contributed by atoms with Gasteiger partial charge in [0.1, 0.15) is 11.6 Å². The minimum Gasteiger partial charge on any atom is -0.497 e. The summed E-state index contributed by atoms with van der Waals surface area (Å²) in [5, 5.41) is 6.59. The molecule has 0 radical (unpaired) electrons. The fourth-order valence-corrected chi connectivity index (χ4v) is 4.93. The number of hydrogen-bond acceptors (Lipinski definition) is 4. The Bertz CT molecular complexity index is 1410. The molecule has 1 amide bonds. The first-order valence-electron chi connectivity index (χ1n) is 11.9. The third-order valence-corrected chi connectivity index (χ3v) is 6.69. The molecule has 5 rings (SSSR count). The number of nitrogens with zero attached hydrogens (tertiary/aromatic N) is 3. The van der Waals surface area contributed by atoms with Crippen molar-refractivity contribution in [3.8, 4) is 11.4 Å². The first-order chi connectivity index (χ1) is 18.0. The van der Waals surface area contributed by atoms with Crippen molar-refractivity contribution in [3.05, 3.63) is 108 Å². The molecular formula is C28H26FN5O2S. The molecule has 3 heterocycles. The van der Waals surface area contributed by atoms with E-state index in [9.17, 15) is 9.18 Å². The standard InChI is InChI=1S/C28H26FN5O2S/c1-36-20-9-6-8-19(18-20)33-16-7-13-24(33)27-26(23-12-4-5-15-30-23)32-28(37)34(27)17-14-25(35)31-22-11-3-2-10-21(22)29/h2-13,15-16,18,26-27H,14,17H2,1H3,(H,31,35)(H,32,37). The minimum absolute atomic E-state index is 0.126. The van der Waals surface area contributed by atoms with Crippen LogP contribution >= 0.6 is 12.2 Å². The van der Waals surface area contributed by atoms with Crippen LogP contribution in [0.1, 0.15) is 29.9 Å². The van der Waals surface area contributed by atoms with E-state index < -0.39 is 5.82 Å². The van der Waals surface area contributed by atoms with Crippen molar-refractivity contribution in [2.75, 3.05) is 19.0 Å². The van der Waals surface area contributed by atoms with Gasteiger partial charge in [-0.25, -0.2) is 4.39 Å². The Morgan fingerprint density at radius 3 is 2.73 bits per heavy atom. The number of nitrogens with one attached hydrogen (secondary N) is 2. The highest BCUT2D eigenvalue weighted by molar-refractivity contribution is 7.80. The van der Waals surface area contributed by atoms with Crippen LogP contribution in [0.25, 0.3) is 5.69 Å². The van der Waals surface area contributed by atoms with Crippen LogP contribution in [-0.4, -0.2) is 39.1 Å². The SMILES string of the molecule is COc1cccc(-n2cccc2C2C(c3ccccn3)NC(=S)N2CCC(=O)Nc2ccccc2F)c1. The lowest BCUT2D eigenvalue weighted by Gasteiger charge is -2.29. The average Bonchev–Trinajstić information content (AvgIpc) is 3.53. The van der Waals surface area contributed by atoms with Crippen LogP contribution in [0.5, 0.6) is 5.75 Å². The number of thiocarbonyl (C=S) groups is 1. The Kier molecular flexibility index (Phi) is 7.14. The third kappa shape index (κ3) is 5.17. The van der Waals surface area contributed by atoms with Crippen LogP contribution in [0.4, 0.5) is 10.1 Å². The Balaban J connectivity index is 1.45. The van der Waals surface area contributed by atoms with Crippen LogP contribution in [-0.2, 0) is 4.79 Å². The Hall–Kier alpha value is -4.24. The molecule has 0 saturated carbocycles. The molecule has 0 aliphatic carbocycles. The summed E-state index contributed by atoms with van der Waals surface area (Å²) in [6.45, 7) is 0.337. The number of pyridine rings is 1. The van der Waals surface area contributed by atoms with E-state index in [-0.39, 0.29) is 30.1 Å². The summed E-state index contributed by atoms with van der Waals surface area (Å²) in [4.78, 5) is 19.3. The number of anilines is 1. The zero-order valence-electron chi connectivity index (χ0n) is 20.2. The van der Waals surface area contributed by atoms with Crippen LogP contribution < -0.4 is 15.4 Å². The second-order valence-corrected chi connectivity index (χ2v) is 8.99. The van der Waals surface area contributed by atoms with E-state index in [0.717, 1.165) is 22.8 Å². The highest BCUT2D eigenvalue weighted by Gasteiger charge is 2.41. The van der Waals surface area contributed by atoms with Crippen molar-refractivity contribution in [1.29, 1.82) is 0 Å². The maximum atomic E-state index is 14.0. The summed E-state index contributed by atoms with van der Waals surface area (Å²) in [5.41, 5.74) is 2.91. The van der Waals surface area contributed by atoms with Gasteiger partial charge < -0.3 is 24.8 Å². The predicted molar refractivity (Wildman–Crippen MR) is 144 cm³/mol. The third-order valence-electron chi connectivity index (χ3n) is 6.34. The number of ether oxygens (including phenoxy) is 1. The summed E-state index contributed by atoms with van der Waals surface area (Å²) >= 11 is 5.74. The van der Waals surface area contributed by atoms with Gasteiger partial charge in [-0.2, -0.15) is 0 Å². The van der Waals surface area contributed by atoms with Crippen LogP contribution in [0, 0.1) is 5.82 Å². The van der Waals surface area contributed by atoms with Gasteiger partial charge in [0.05, 0.1) is 30.6 Å². The number of carbonyl (C=O) groups is 1. The van der Waals surface area contributed by atoms with E-state index in [0.29, 0.717) is 11.7 Å². The zero-order chi connectivity index (χ0) is 25.8. The summed E-state index contributed by atoms with van der Waals surface area (Å²) < 4.78 is 21.5. The van der Waals surface area contributed by atoms with Crippen molar-refractivity contribution in [3.63, 3.8) is 0 Å². The maximum Gasteiger partial charge on any atom is 0.226 e. The first kappa shape index (κ1) is 24.5. The van der Waals surface area contributed by atoms with Crippen LogP contribution in [0.3, 0.4) is 0 Å². The van der Waals surface area contributed by atoms with Crippen molar-refractivity contribution in [1.82, 2.24) is 19.8 Å². The van der Waals surface area contributed by atoms with E-state index >= 15 is 0 Å². The smallest absolute Gasteiger partial charge is 0.226 e. The molecule has 1 aliphatic rings. The highest BCUT2D eigenvalue weighted by atomic mass is 32.1. The molecule has 2 aromatic heterocycles. The van der Waals surface area contributed by atoms with Gasteiger partial charge in [0.15, 0.2) is 5.11 Å². The normalized spacial score (nSPS) is 16.9. The number of carbonyl (C=O) groups excluding carboxylic acids is 1. The fourth-order valence-electron chi connectivity index (χ4n) is 4.60. The number of methoxy groups -OCH3 is 1. The molecule has 9 heteroatoms. The molecule has 1 fully saturated rings. The molecule has 1 aliphatic heterocycles. The van der Waals surface area contributed by atoms with Gasteiger partial charge >= 0.3 is 0 Å². The highest BCUT2D eigenvalue weighted by Crippen LogP contribution is 2.39. The molecule has 2 N–H and O–H groups in total. The number of aromatic nitrogens is 2. The van der Waals surface area contributed by atoms with Crippen molar-refractivity contribution < 1.29 is 13.9 Å². The summed E-state index contributed by atoms with van der Waals surface area (Å²) in [7, 11) is 1.64. The molecule has 2 atom stereocenters. The largest absolute Gasteiger partial charge is 0.497 e. The number of para-hydroxylation sites is 1. The van der Waals surface area contributed by atoms with Crippen molar-refractivity contribution in [2.45, 2.75) is 18.5 Å². The molecule has 188 valence electrons. The number of benzene rings is 2. The molecule has 4 aromatic rings. The lowest BCUT2D eigenvalue weighted by molar-refractivity contribution is -0.116. The maximum absolute atomic E-state index is 14.0. The summed E-state index contributed by atoms with van der Waals surface area (Å²) in [5.74, 6) is -0.0188. The van der Waals surface area contributed by atoms with Gasteiger partial charge in [-0.3, -0.25) is 9.78 Å². The minimum atomic E-state index is -0.474. The van der Waals surface area contributed by atoms with Crippen molar-refractivity contribution in [2.24, 2.45) is 0 Å². The molecular weight excluding hydrogens is 489 g/mol. The molecule has 2 aromatic carbocycles. The zero-order valence-corrected chi connectivity index (χ0v) is 21.0. The van der Waals surface area contributed by atoms with E-state index in [1.54, 1.807) is 25.4 Å². The number of amides is 1. The van der Waals surface area contributed by atoms with E-state index in [2.05, 4.69) is 20.2 Å². The van der Waals surface area contributed by atoms with Crippen LogP contribution in [0.2, 0.25) is 0 Å². The number of hydrogen-bond donors (Lipinski definition) is 2. The number of rotatable bonds is 8. The van der Waals surface area contributed by atoms with Gasteiger partial charge in [0.2, 0.25) is 5.91 Å². The van der Waals surface area contributed by atoms with Gasteiger partial charge in [-0.1, -0.05) is 24.3 Å². The molecule has 37 heavy (non-hydrogen) atoms. The first-order valence-corrected chi connectivity index (χ1v) is 12.3. The summed E-state index contributed by atoms with van der Waals surface area (Å²) in [6.07, 6.45) is 3.87. The van der Waals surface area contributed by atoms with Gasteiger partial charge in [-0.15, -0.1) is 0 Å². The van der Waals surface area contributed by atoms with E-state index in [1.165, 1.54) is 12.1 Å². The Morgan fingerprint density at radius 2 is 1.95 bits per heavy atom. The quantitative estimate of drug-likeness (QED) is 0.321. The fraction of sp³-hybridized carbons (Fsp3) is 0.179. The molecule has 0 spiro atoms. The predicted octanol–water partition coefficient (Wildman–Crippen LogP) is 5.02. The second-order valence-electron chi connectivity index (χ2n) is 8.60. The summed E-state index contributed by atoms with van der Waals surface area (Å²) in [6, 6.07) is 23.2. The monoisotopic (exact) mass is 515 g/mol. The lowest BCUT2D eigenvalue weighted by atomic mass is 10.0. The lowest BCUT2D eigenvalue weighted by Crippen LogP contribution is -2.33. The van der Waals surface area contributed by atoms with Gasteiger partial charge in [-0.05, 0) is 60.7 Å². The molecule has 1 saturated heterocycles. The average molecular weight is 516 g/mol. The van der Waals surface area contributed by atoms with Crippen molar-refractivity contribution >= 4 is 28.9 Å². The molecule has 0 bridgehead atoms.